The average molecular weight is 400 g/mol. The molecule has 4 nitrogen and oxygen atoms in total. The first-order chi connectivity index (χ1) is 8.95. The summed E-state index contributed by atoms with van der Waals surface area (Å²) in [6.45, 7) is 0. The molecule has 2 aromatic heterocycles. The average Bonchev–Trinajstić information content (AvgIpc) is 2.94. The highest BCUT2D eigenvalue weighted by Gasteiger charge is 2.23. The van der Waals surface area contributed by atoms with Crippen LogP contribution in [0.1, 0.15) is 17.0 Å². The van der Waals surface area contributed by atoms with Gasteiger partial charge in [-0.05, 0) is 41.3 Å². The van der Waals surface area contributed by atoms with Gasteiger partial charge >= 0.3 is 0 Å². The molecular weight excluding hydrogens is 392 g/mol. The predicted octanol–water partition coefficient (Wildman–Crippen LogP) is 3.91. The number of hydrogen-bond donors (Lipinski definition) is 1. The van der Waals surface area contributed by atoms with Crippen LogP contribution in [0.2, 0.25) is 5.02 Å². The number of hydrogen-bond acceptors (Lipinski definition) is 5. The van der Waals surface area contributed by atoms with Gasteiger partial charge in [0.05, 0.1) is 14.5 Å². The molecule has 102 valence electrons. The van der Waals surface area contributed by atoms with Gasteiger partial charge in [-0.1, -0.05) is 11.6 Å². The van der Waals surface area contributed by atoms with E-state index in [9.17, 15) is 8.42 Å². The molecule has 0 saturated carbocycles. The smallest absolute Gasteiger partial charge is 0.254 e. The van der Waals surface area contributed by atoms with Gasteiger partial charge in [-0.2, -0.15) is 0 Å². The number of thiazole rings is 1. The lowest BCUT2D eigenvalue weighted by Gasteiger charge is -2.01. The lowest BCUT2D eigenvalue weighted by Crippen LogP contribution is -2.11. The van der Waals surface area contributed by atoms with Crippen LogP contribution in [-0.4, -0.2) is 13.4 Å². The van der Waals surface area contributed by atoms with Crippen LogP contribution in [0.15, 0.2) is 14.1 Å². The Hall–Kier alpha value is -0.150. The third kappa shape index (κ3) is 2.69. The van der Waals surface area contributed by atoms with E-state index in [4.69, 9.17) is 11.6 Å². The lowest BCUT2D eigenvalue weighted by molar-refractivity contribution is 0.603. The molecule has 3 rings (SSSR count). The van der Waals surface area contributed by atoms with Crippen LogP contribution in [0, 0.1) is 0 Å². The molecule has 0 unspecified atom stereocenters. The maximum absolute atomic E-state index is 12.2. The molecule has 9 heteroatoms. The Labute approximate surface area is 132 Å². The number of nitrogens with one attached hydrogen (secondary N) is 1. The Kier molecular flexibility index (Phi) is 3.63. The van der Waals surface area contributed by atoms with Crippen molar-refractivity contribution in [3.05, 3.63) is 25.4 Å². The largest absolute Gasteiger partial charge is 0.273 e. The summed E-state index contributed by atoms with van der Waals surface area (Å²) < 4.78 is 27.7. The Bertz CT molecular complexity index is 697. The van der Waals surface area contributed by atoms with Gasteiger partial charge in [-0.25, -0.2) is 13.4 Å². The summed E-state index contributed by atoms with van der Waals surface area (Å²) in [5, 5.41) is 0.831. The lowest BCUT2D eigenvalue weighted by atomic mass is 10.4. The molecule has 19 heavy (non-hydrogen) atoms. The number of nitrogens with zero attached hydrogens (tertiary/aromatic N) is 1. The van der Waals surface area contributed by atoms with Crippen LogP contribution in [0.4, 0.5) is 5.13 Å². The van der Waals surface area contributed by atoms with Crippen LogP contribution < -0.4 is 4.72 Å². The SMILES string of the molecule is O=S(=O)(Nc1nc2c(s1)CCC2)c1cc(Cl)c(Br)s1. The fraction of sp³-hybridized carbons (Fsp3) is 0.300. The summed E-state index contributed by atoms with van der Waals surface area (Å²) in [5.41, 5.74) is 1.02. The van der Waals surface area contributed by atoms with E-state index in [1.807, 2.05) is 0 Å². The molecular formula is C10H8BrClN2O2S3. The van der Waals surface area contributed by atoms with Crippen LogP contribution >= 0.6 is 50.2 Å². The first-order valence-electron chi connectivity index (χ1n) is 5.42. The first-order valence-corrected chi connectivity index (χ1v) is 9.70. The number of aryl methyl sites for hydroxylation is 2. The molecule has 2 heterocycles. The molecule has 0 saturated heterocycles. The van der Waals surface area contributed by atoms with Crippen LogP contribution in [0.5, 0.6) is 0 Å². The van der Waals surface area contributed by atoms with Gasteiger partial charge in [0.15, 0.2) is 5.13 Å². The second-order valence-electron chi connectivity index (χ2n) is 4.04. The van der Waals surface area contributed by atoms with E-state index in [0.29, 0.717) is 13.9 Å². The van der Waals surface area contributed by atoms with Gasteiger partial charge in [0.25, 0.3) is 10.0 Å². The molecule has 0 amide bonds. The van der Waals surface area contributed by atoms with Crippen LogP contribution in [0.25, 0.3) is 0 Å². The molecule has 0 atom stereocenters. The van der Waals surface area contributed by atoms with E-state index in [1.165, 1.54) is 22.3 Å². The Morgan fingerprint density at radius 3 is 2.79 bits per heavy atom. The maximum atomic E-state index is 12.2. The van der Waals surface area contributed by atoms with Crippen molar-refractivity contribution in [3.63, 3.8) is 0 Å². The Balaban J connectivity index is 1.88. The Morgan fingerprint density at radius 1 is 1.37 bits per heavy atom. The Morgan fingerprint density at radius 2 is 2.16 bits per heavy atom. The van der Waals surface area contributed by atoms with Crippen molar-refractivity contribution in [1.29, 1.82) is 0 Å². The molecule has 1 aliphatic rings. The normalized spacial score (nSPS) is 14.6. The van der Waals surface area contributed by atoms with E-state index in [2.05, 4.69) is 25.6 Å². The standard InChI is InChI=1S/C10H8BrClN2O2S3/c11-9-5(12)4-8(18-9)19(15,16)14-10-13-6-2-1-3-7(6)17-10/h4H,1-3H2,(H,13,14). The number of halogens is 2. The quantitative estimate of drug-likeness (QED) is 0.851. The zero-order chi connectivity index (χ0) is 13.6. The number of anilines is 1. The van der Waals surface area contributed by atoms with Gasteiger partial charge in [0.1, 0.15) is 4.21 Å². The summed E-state index contributed by atoms with van der Waals surface area (Å²) in [4.78, 5) is 5.50. The highest BCUT2D eigenvalue weighted by Crippen LogP contribution is 2.36. The maximum Gasteiger partial charge on any atom is 0.273 e. The summed E-state index contributed by atoms with van der Waals surface area (Å²) in [6.07, 6.45) is 3.03. The van der Waals surface area contributed by atoms with E-state index < -0.39 is 10.0 Å². The fourth-order valence-corrected chi connectivity index (χ4v) is 6.54. The van der Waals surface area contributed by atoms with Gasteiger partial charge < -0.3 is 0 Å². The zero-order valence-corrected chi connectivity index (χ0v) is 14.2. The van der Waals surface area contributed by atoms with E-state index >= 15 is 0 Å². The number of thiophene rings is 1. The highest BCUT2D eigenvalue weighted by atomic mass is 79.9. The van der Waals surface area contributed by atoms with Gasteiger partial charge in [-0.3, -0.25) is 4.72 Å². The minimum absolute atomic E-state index is 0.180. The molecule has 0 radical (unpaired) electrons. The molecule has 1 aliphatic carbocycles. The van der Waals surface area contributed by atoms with Crippen LogP contribution in [0.3, 0.4) is 0 Å². The van der Waals surface area contributed by atoms with E-state index in [-0.39, 0.29) is 4.21 Å². The fourth-order valence-electron chi connectivity index (χ4n) is 1.86. The summed E-state index contributed by atoms with van der Waals surface area (Å²) in [7, 11) is -3.60. The third-order valence-corrected chi connectivity index (χ3v) is 8.19. The zero-order valence-electron chi connectivity index (χ0n) is 9.44. The summed E-state index contributed by atoms with van der Waals surface area (Å²) >= 11 is 11.6. The second-order valence-corrected chi connectivity index (χ2v) is 9.81. The summed E-state index contributed by atoms with van der Waals surface area (Å²) in [6, 6.07) is 1.43. The van der Waals surface area contributed by atoms with Gasteiger partial charge in [-0.15, -0.1) is 22.7 Å². The first kappa shape index (κ1) is 13.8. The molecule has 0 bridgehead atoms. The van der Waals surface area contributed by atoms with Crippen LogP contribution in [-0.2, 0) is 22.9 Å². The number of rotatable bonds is 3. The molecule has 0 aromatic carbocycles. The number of fused-ring (bicyclic) bond motifs is 1. The number of sulfonamides is 1. The monoisotopic (exact) mass is 398 g/mol. The second kappa shape index (κ2) is 5.00. The van der Waals surface area contributed by atoms with Crippen molar-refractivity contribution < 1.29 is 8.42 Å². The molecule has 2 aromatic rings. The van der Waals surface area contributed by atoms with Crippen molar-refractivity contribution in [2.24, 2.45) is 0 Å². The van der Waals surface area contributed by atoms with E-state index in [0.717, 1.165) is 36.3 Å². The minimum Gasteiger partial charge on any atom is -0.254 e. The third-order valence-electron chi connectivity index (χ3n) is 2.70. The molecule has 0 fully saturated rings. The predicted molar refractivity (Wildman–Crippen MR) is 82.0 cm³/mol. The van der Waals surface area contributed by atoms with Crippen molar-refractivity contribution in [2.45, 2.75) is 23.5 Å². The van der Waals surface area contributed by atoms with Crippen molar-refractivity contribution >= 4 is 65.4 Å². The van der Waals surface area contributed by atoms with Crippen molar-refractivity contribution in [1.82, 2.24) is 4.98 Å². The highest BCUT2D eigenvalue weighted by molar-refractivity contribution is 9.11. The molecule has 0 spiro atoms. The van der Waals surface area contributed by atoms with E-state index in [1.54, 1.807) is 0 Å². The van der Waals surface area contributed by atoms with Gasteiger partial charge in [0.2, 0.25) is 0 Å². The minimum atomic E-state index is -3.60. The number of aromatic nitrogens is 1. The summed E-state index contributed by atoms with van der Waals surface area (Å²) in [5.74, 6) is 0. The molecule has 1 N–H and O–H groups in total. The van der Waals surface area contributed by atoms with Crippen molar-refractivity contribution in [3.8, 4) is 0 Å². The topological polar surface area (TPSA) is 59.1 Å². The van der Waals surface area contributed by atoms with Gasteiger partial charge in [0, 0.05) is 4.88 Å². The van der Waals surface area contributed by atoms with Crippen molar-refractivity contribution in [2.75, 3.05) is 4.72 Å². The molecule has 0 aliphatic heterocycles.